The van der Waals surface area contributed by atoms with Crippen LogP contribution in [0.4, 0.5) is 4.39 Å². The van der Waals surface area contributed by atoms with E-state index in [1.807, 2.05) is 79.0 Å². The second-order valence-corrected chi connectivity index (χ2v) is 9.42. The van der Waals surface area contributed by atoms with Crippen molar-refractivity contribution in [2.45, 2.75) is 6.92 Å². The zero-order chi connectivity index (χ0) is 26.0. The normalized spacial score (nSPS) is 12.5. The minimum Gasteiger partial charge on any atom is -0.355 e. The Morgan fingerprint density at radius 2 is 1.11 bits per heavy atom. The van der Waals surface area contributed by atoms with Gasteiger partial charge in [-0.05, 0) is 61.1 Å². The Bertz CT molecular complexity index is 1840. The fourth-order valence-corrected chi connectivity index (χ4v) is 5.00. The first kappa shape index (κ1) is 22.2. The van der Waals surface area contributed by atoms with Gasteiger partial charge in [-0.1, -0.05) is 0 Å². The van der Waals surface area contributed by atoms with Crippen LogP contribution in [0.15, 0.2) is 49.1 Å². The molecule has 8 bridgehead atoms. The Labute approximate surface area is 216 Å². The Morgan fingerprint density at radius 3 is 1.68 bits per heavy atom. The van der Waals surface area contributed by atoms with Crippen molar-refractivity contribution in [2.75, 3.05) is 0 Å². The number of H-pyrrole nitrogens is 2. The fourth-order valence-electron chi connectivity index (χ4n) is 5.00. The molecule has 2 aliphatic rings. The first-order valence-corrected chi connectivity index (χ1v) is 12.2. The van der Waals surface area contributed by atoms with Crippen molar-refractivity contribution in [3.05, 3.63) is 83.2 Å². The molecule has 5 aromatic rings. The fraction of sp³-hybridized carbons (Fsp3) is 0.103. The summed E-state index contributed by atoms with van der Waals surface area (Å²) >= 11 is 0. The number of nitrogens with one attached hydrogen (secondary N) is 2. The Hall–Kier alpha value is -5.05. The zero-order valence-electron chi connectivity index (χ0n) is 21.0. The lowest BCUT2D eigenvalue weighted by Gasteiger charge is -2.04. The van der Waals surface area contributed by atoms with Crippen molar-refractivity contribution in [1.82, 2.24) is 39.0 Å². The maximum atomic E-state index is 15.8. The molecule has 0 spiro atoms. The van der Waals surface area contributed by atoms with E-state index in [0.717, 1.165) is 50.8 Å². The summed E-state index contributed by atoms with van der Waals surface area (Å²) < 4.78 is 19.7. The second-order valence-electron chi connectivity index (χ2n) is 9.42. The highest BCUT2D eigenvalue weighted by Crippen LogP contribution is 2.32. The summed E-state index contributed by atoms with van der Waals surface area (Å²) in [5.74, 6) is 1.01. The van der Waals surface area contributed by atoms with Gasteiger partial charge in [-0.25, -0.2) is 24.3 Å². The molecular formula is C29H23FN8. The molecule has 2 N–H and O–H groups in total. The van der Waals surface area contributed by atoms with Crippen molar-refractivity contribution >= 4 is 46.4 Å². The van der Waals surface area contributed by atoms with Crippen molar-refractivity contribution in [3.63, 3.8) is 0 Å². The number of halogens is 1. The van der Waals surface area contributed by atoms with Gasteiger partial charge in [-0.2, -0.15) is 0 Å². The summed E-state index contributed by atoms with van der Waals surface area (Å²) in [4.78, 5) is 25.6. The zero-order valence-corrected chi connectivity index (χ0v) is 21.0. The number of nitrogens with zero attached hydrogens (tertiary/aromatic N) is 6. The van der Waals surface area contributed by atoms with Crippen LogP contribution >= 0.6 is 0 Å². The quantitative estimate of drug-likeness (QED) is 0.308. The predicted molar refractivity (Wildman–Crippen MR) is 148 cm³/mol. The number of fused-ring (bicyclic) bond motifs is 8. The predicted octanol–water partition coefficient (Wildman–Crippen LogP) is 5.90. The molecule has 38 heavy (non-hydrogen) atoms. The van der Waals surface area contributed by atoms with E-state index < -0.39 is 5.82 Å². The molecule has 0 aliphatic carbocycles. The maximum Gasteiger partial charge on any atom is 0.172 e. The molecule has 7 rings (SSSR count). The van der Waals surface area contributed by atoms with Gasteiger partial charge in [0.05, 0.1) is 44.8 Å². The molecule has 9 heteroatoms. The van der Waals surface area contributed by atoms with Crippen molar-refractivity contribution in [1.29, 1.82) is 0 Å². The molecule has 0 saturated heterocycles. The summed E-state index contributed by atoms with van der Waals surface area (Å²) in [6.07, 6.45) is 14.7. The third kappa shape index (κ3) is 3.36. The largest absolute Gasteiger partial charge is 0.355 e. The molecule has 0 aromatic carbocycles. The number of hydrogen-bond donors (Lipinski definition) is 2. The molecule has 0 amide bonds. The molecule has 2 aliphatic heterocycles. The van der Waals surface area contributed by atoms with Crippen LogP contribution in [0.3, 0.4) is 0 Å². The lowest BCUT2D eigenvalue weighted by molar-refractivity contribution is 0.629. The number of aryl methyl sites for hydroxylation is 3. The molecular weight excluding hydrogens is 479 g/mol. The van der Waals surface area contributed by atoms with E-state index in [9.17, 15) is 0 Å². The highest BCUT2D eigenvalue weighted by atomic mass is 19.1. The molecule has 0 fully saturated rings. The van der Waals surface area contributed by atoms with Crippen LogP contribution < -0.4 is 0 Å². The van der Waals surface area contributed by atoms with Crippen LogP contribution in [0.5, 0.6) is 0 Å². The van der Waals surface area contributed by atoms with E-state index >= 15 is 4.39 Å². The van der Waals surface area contributed by atoms with Crippen LogP contribution in [-0.4, -0.2) is 39.0 Å². The standard InChI is InChI=1S/C29H23FN8/c1-16-17-4-6-19(33-17)25(28-31-12-14-37(28)2)21-8-10-23(35-21)27(30)24-11-9-22(36-24)26(20-7-5-18(16)34-20)29-32-13-15-38(29)3/h4-15,33,36H,1-3H3. The van der Waals surface area contributed by atoms with E-state index in [-0.39, 0.29) is 5.69 Å². The van der Waals surface area contributed by atoms with E-state index in [2.05, 4.69) is 19.9 Å². The van der Waals surface area contributed by atoms with Crippen LogP contribution in [-0.2, 0) is 14.1 Å². The van der Waals surface area contributed by atoms with Gasteiger partial charge in [0.1, 0.15) is 17.3 Å². The third-order valence-electron chi connectivity index (χ3n) is 7.04. The van der Waals surface area contributed by atoms with E-state index in [1.165, 1.54) is 0 Å². The highest BCUT2D eigenvalue weighted by molar-refractivity contribution is 5.92. The maximum absolute atomic E-state index is 15.8. The van der Waals surface area contributed by atoms with Crippen LogP contribution in [0.2, 0.25) is 0 Å². The lowest BCUT2D eigenvalue weighted by atomic mass is 10.2. The Balaban J connectivity index is 1.65. The monoisotopic (exact) mass is 502 g/mol. The summed E-state index contributed by atoms with van der Waals surface area (Å²) in [6.45, 7) is 2.04. The topological polar surface area (TPSA) is 93.0 Å². The van der Waals surface area contributed by atoms with Crippen LogP contribution in [0, 0.1) is 12.7 Å². The van der Waals surface area contributed by atoms with Crippen LogP contribution in [0.1, 0.15) is 28.3 Å². The van der Waals surface area contributed by atoms with Gasteiger partial charge in [0, 0.05) is 44.4 Å². The number of hydrogen-bond acceptors (Lipinski definition) is 4. The van der Waals surface area contributed by atoms with Gasteiger partial charge >= 0.3 is 0 Å². The van der Waals surface area contributed by atoms with Gasteiger partial charge in [0.15, 0.2) is 5.82 Å². The van der Waals surface area contributed by atoms with E-state index in [4.69, 9.17) is 9.97 Å². The summed E-state index contributed by atoms with van der Waals surface area (Å²) in [6, 6.07) is 7.61. The molecule has 186 valence electrons. The number of aromatic amines is 2. The minimum absolute atomic E-state index is 0.244. The SMILES string of the molecule is Cc1c2nc(c(-c3nccn3C)c3ccc([nH]3)c(F)c3nc(c(-c4nccn4C)c4ccc1[nH]4)C=C3)C=C2. The van der Waals surface area contributed by atoms with Gasteiger partial charge in [-0.3, -0.25) is 0 Å². The Morgan fingerprint density at radius 1 is 0.632 bits per heavy atom. The van der Waals surface area contributed by atoms with Crippen LogP contribution in [0.25, 0.3) is 69.1 Å². The van der Waals surface area contributed by atoms with E-state index in [0.29, 0.717) is 16.7 Å². The van der Waals surface area contributed by atoms with Gasteiger partial charge < -0.3 is 19.1 Å². The molecule has 5 aromatic heterocycles. The van der Waals surface area contributed by atoms with Crippen molar-refractivity contribution < 1.29 is 4.39 Å². The second kappa shape index (κ2) is 8.24. The number of rotatable bonds is 2. The molecule has 0 unspecified atom stereocenters. The Kier molecular flexibility index (Phi) is 4.81. The van der Waals surface area contributed by atoms with Crippen molar-refractivity contribution in [3.8, 4) is 22.8 Å². The van der Waals surface area contributed by atoms with E-state index in [1.54, 1.807) is 24.5 Å². The molecule has 7 heterocycles. The summed E-state index contributed by atoms with van der Waals surface area (Å²) in [7, 11) is 3.86. The smallest absolute Gasteiger partial charge is 0.172 e. The van der Waals surface area contributed by atoms with Gasteiger partial charge in [-0.15, -0.1) is 0 Å². The molecule has 0 radical (unpaired) electrons. The third-order valence-corrected chi connectivity index (χ3v) is 7.04. The first-order chi connectivity index (χ1) is 18.5. The number of aromatic nitrogens is 8. The minimum atomic E-state index is -0.444. The molecule has 0 atom stereocenters. The number of imidazole rings is 2. The molecule has 8 nitrogen and oxygen atoms in total. The van der Waals surface area contributed by atoms with Crippen molar-refractivity contribution in [2.24, 2.45) is 14.1 Å². The molecule has 0 saturated carbocycles. The first-order valence-electron chi connectivity index (χ1n) is 12.2. The summed E-state index contributed by atoms with van der Waals surface area (Å²) in [5, 5.41) is 0. The average Bonchev–Trinajstić information content (AvgIpc) is 3.74. The summed E-state index contributed by atoms with van der Waals surface area (Å²) in [5.41, 5.74) is 7.83. The van der Waals surface area contributed by atoms with Gasteiger partial charge in [0.25, 0.3) is 0 Å². The lowest BCUT2D eigenvalue weighted by Crippen LogP contribution is -1.95. The highest BCUT2D eigenvalue weighted by Gasteiger charge is 2.19. The average molecular weight is 503 g/mol. The van der Waals surface area contributed by atoms with Gasteiger partial charge in [0.2, 0.25) is 0 Å².